The predicted octanol–water partition coefficient (Wildman–Crippen LogP) is 1.36. The molecular formula is C9H10FNO. The van der Waals surface area contributed by atoms with E-state index in [1.54, 1.807) is 18.2 Å². The zero-order chi connectivity index (χ0) is 9.19. The maximum absolute atomic E-state index is 13.5. The second kappa shape index (κ2) is 2.93. The second-order valence-corrected chi connectivity index (χ2v) is 2.73. The van der Waals surface area contributed by atoms with Gasteiger partial charge in [0.1, 0.15) is 0 Å². The minimum absolute atomic E-state index is 0.289. The van der Waals surface area contributed by atoms with Gasteiger partial charge in [-0.2, -0.15) is 0 Å². The summed E-state index contributed by atoms with van der Waals surface area (Å²) >= 11 is 0. The molecule has 0 aliphatic rings. The van der Waals surface area contributed by atoms with Gasteiger partial charge in [0.15, 0.2) is 0 Å². The molecule has 1 aromatic carbocycles. The topological polar surface area (TPSA) is 43.1 Å². The van der Waals surface area contributed by atoms with E-state index in [-0.39, 0.29) is 5.56 Å². The molecule has 0 fully saturated rings. The number of hydrogen-bond acceptors (Lipinski definition) is 1. The van der Waals surface area contributed by atoms with Gasteiger partial charge in [0.25, 0.3) is 5.91 Å². The number of alkyl halides is 1. The molecule has 12 heavy (non-hydrogen) atoms. The van der Waals surface area contributed by atoms with E-state index in [1.165, 1.54) is 12.1 Å². The largest absolute Gasteiger partial charge is 0.367 e. The van der Waals surface area contributed by atoms with Crippen LogP contribution in [-0.2, 0) is 10.5 Å². The molecule has 64 valence electrons. The van der Waals surface area contributed by atoms with Gasteiger partial charge in [-0.1, -0.05) is 30.3 Å². The molecule has 0 saturated heterocycles. The van der Waals surface area contributed by atoms with E-state index in [9.17, 15) is 9.18 Å². The van der Waals surface area contributed by atoms with E-state index < -0.39 is 11.6 Å². The van der Waals surface area contributed by atoms with Crippen LogP contribution in [0.2, 0.25) is 0 Å². The van der Waals surface area contributed by atoms with Crippen molar-refractivity contribution in [1.29, 1.82) is 0 Å². The third kappa shape index (κ3) is 1.44. The lowest BCUT2D eigenvalue weighted by atomic mass is 9.98. The summed E-state index contributed by atoms with van der Waals surface area (Å²) in [5.74, 6) is -0.964. The van der Waals surface area contributed by atoms with Crippen molar-refractivity contribution >= 4 is 5.91 Å². The van der Waals surface area contributed by atoms with Gasteiger partial charge in [-0.05, 0) is 12.5 Å². The first-order valence-corrected chi connectivity index (χ1v) is 3.59. The Morgan fingerprint density at radius 2 is 1.92 bits per heavy atom. The quantitative estimate of drug-likeness (QED) is 0.710. The summed E-state index contributed by atoms with van der Waals surface area (Å²) in [6.45, 7) is 1.16. The Labute approximate surface area is 70.2 Å². The zero-order valence-electron chi connectivity index (χ0n) is 6.75. The van der Waals surface area contributed by atoms with E-state index in [2.05, 4.69) is 0 Å². The van der Waals surface area contributed by atoms with Gasteiger partial charge in [0.2, 0.25) is 5.67 Å². The van der Waals surface area contributed by atoms with Crippen LogP contribution in [0.25, 0.3) is 0 Å². The highest BCUT2D eigenvalue weighted by atomic mass is 19.1. The molecule has 0 radical (unpaired) electrons. The molecule has 1 amide bonds. The molecule has 0 aromatic heterocycles. The molecule has 0 spiro atoms. The summed E-state index contributed by atoms with van der Waals surface area (Å²) in [4.78, 5) is 10.7. The van der Waals surface area contributed by atoms with Gasteiger partial charge < -0.3 is 5.73 Å². The van der Waals surface area contributed by atoms with Gasteiger partial charge in [-0.25, -0.2) is 4.39 Å². The summed E-state index contributed by atoms with van der Waals surface area (Å²) < 4.78 is 13.5. The molecule has 1 unspecified atom stereocenters. The van der Waals surface area contributed by atoms with Crippen LogP contribution < -0.4 is 5.73 Å². The van der Waals surface area contributed by atoms with Crippen molar-refractivity contribution in [2.45, 2.75) is 12.6 Å². The number of rotatable bonds is 2. The highest BCUT2D eigenvalue weighted by molar-refractivity contribution is 5.84. The van der Waals surface area contributed by atoms with Crippen molar-refractivity contribution in [2.75, 3.05) is 0 Å². The third-order valence-corrected chi connectivity index (χ3v) is 1.78. The fourth-order valence-electron chi connectivity index (χ4n) is 0.893. The molecular weight excluding hydrogens is 157 g/mol. The lowest BCUT2D eigenvalue weighted by Gasteiger charge is -2.15. The number of nitrogens with two attached hydrogens (primary N) is 1. The Morgan fingerprint density at radius 3 is 2.33 bits per heavy atom. The Bertz CT molecular complexity index is 282. The summed E-state index contributed by atoms with van der Waals surface area (Å²) in [7, 11) is 0. The number of hydrogen-bond donors (Lipinski definition) is 1. The van der Waals surface area contributed by atoms with Crippen LogP contribution in [0.4, 0.5) is 4.39 Å². The summed E-state index contributed by atoms with van der Waals surface area (Å²) in [6, 6.07) is 8.14. The zero-order valence-corrected chi connectivity index (χ0v) is 6.75. The number of primary amides is 1. The van der Waals surface area contributed by atoms with E-state index in [0.717, 1.165) is 6.92 Å². The fourth-order valence-corrected chi connectivity index (χ4v) is 0.893. The van der Waals surface area contributed by atoms with Crippen molar-refractivity contribution < 1.29 is 9.18 Å². The first-order valence-electron chi connectivity index (χ1n) is 3.59. The maximum atomic E-state index is 13.5. The number of halogens is 1. The SMILES string of the molecule is CC(F)(C(N)=O)c1ccccc1. The lowest BCUT2D eigenvalue weighted by molar-refractivity contribution is -0.128. The smallest absolute Gasteiger partial charge is 0.259 e. The van der Waals surface area contributed by atoms with Crippen LogP contribution in [0, 0.1) is 0 Å². The van der Waals surface area contributed by atoms with Crippen molar-refractivity contribution in [3.8, 4) is 0 Å². The van der Waals surface area contributed by atoms with Crippen molar-refractivity contribution in [3.63, 3.8) is 0 Å². The maximum Gasteiger partial charge on any atom is 0.259 e. The van der Waals surface area contributed by atoms with Crippen molar-refractivity contribution in [3.05, 3.63) is 35.9 Å². The molecule has 1 atom stereocenters. The molecule has 2 N–H and O–H groups in total. The molecule has 2 nitrogen and oxygen atoms in total. The minimum Gasteiger partial charge on any atom is -0.367 e. The third-order valence-electron chi connectivity index (χ3n) is 1.78. The van der Waals surface area contributed by atoms with Crippen LogP contribution in [-0.4, -0.2) is 5.91 Å². The Kier molecular flexibility index (Phi) is 2.13. The van der Waals surface area contributed by atoms with Crippen molar-refractivity contribution in [1.82, 2.24) is 0 Å². The summed E-state index contributed by atoms with van der Waals surface area (Å²) in [6.07, 6.45) is 0. The number of carbonyl (C=O) groups is 1. The van der Waals surface area contributed by atoms with Crippen LogP contribution >= 0.6 is 0 Å². The van der Waals surface area contributed by atoms with Gasteiger partial charge >= 0.3 is 0 Å². The van der Waals surface area contributed by atoms with E-state index in [0.29, 0.717) is 0 Å². The summed E-state index contributed by atoms with van der Waals surface area (Å²) in [5.41, 5.74) is 3.11. The molecule has 1 aromatic rings. The lowest BCUT2D eigenvalue weighted by Crippen LogP contribution is -2.34. The Morgan fingerprint density at radius 1 is 1.42 bits per heavy atom. The highest BCUT2D eigenvalue weighted by Crippen LogP contribution is 2.24. The molecule has 3 heteroatoms. The number of benzene rings is 1. The summed E-state index contributed by atoms with van der Waals surface area (Å²) in [5, 5.41) is 0. The van der Waals surface area contributed by atoms with Gasteiger partial charge in [-0.3, -0.25) is 4.79 Å². The van der Waals surface area contributed by atoms with Crippen molar-refractivity contribution in [2.24, 2.45) is 5.73 Å². The number of carbonyl (C=O) groups excluding carboxylic acids is 1. The average Bonchev–Trinajstić information content (AvgIpc) is 2.06. The molecule has 0 saturated carbocycles. The van der Waals surface area contributed by atoms with Crippen LogP contribution in [0.5, 0.6) is 0 Å². The second-order valence-electron chi connectivity index (χ2n) is 2.73. The fraction of sp³-hybridized carbons (Fsp3) is 0.222. The normalized spacial score (nSPS) is 15.2. The van der Waals surface area contributed by atoms with Crippen LogP contribution in [0.1, 0.15) is 12.5 Å². The monoisotopic (exact) mass is 167 g/mol. The molecule has 0 heterocycles. The van der Waals surface area contributed by atoms with Gasteiger partial charge in [-0.15, -0.1) is 0 Å². The Balaban J connectivity index is 3.06. The van der Waals surface area contributed by atoms with Crippen LogP contribution in [0.15, 0.2) is 30.3 Å². The Hall–Kier alpha value is -1.38. The molecule has 0 bridgehead atoms. The molecule has 0 aliphatic carbocycles. The molecule has 1 rings (SSSR count). The van der Waals surface area contributed by atoms with E-state index in [4.69, 9.17) is 5.73 Å². The highest BCUT2D eigenvalue weighted by Gasteiger charge is 2.32. The standard InChI is InChI=1S/C9H10FNO/c1-9(10,8(11)12)7-5-3-2-4-6-7/h2-6H,1H3,(H2,11,12). The first-order chi connectivity index (χ1) is 5.55. The van der Waals surface area contributed by atoms with Crippen LogP contribution in [0.3, 0.4) is 0 Å². The van der Waals surface area contributed by atoms with Gasteiger partial charge in [0.05, 0.1) is 0 Å². The number of amides is 1. The van der Waals surface area contributed by atoms with Gasteiger partial charge in [0, 0.05) is 0 Å². The molecule has 0 aliphatic heterocycles. The first kappa shape index (κ1) is 8.71. The average molecular weight is 167 g/mol. The predicted molar refractivity (Wildman–Crippen MR) is 44.1 cm³/mol. The minimum atomic E-state index is -2.07. The van der Waals surface area contributed by atoms with E-state index in [1.807, 2.05) is 0 Å². The van der Waals surface area contributed by atoms with E-state index >= 15 is 0 Å².